The van der Waals surface area contributed by atoms with E-state index in [2.05, 4.69) is 0 Å². The highest BCUT2D eigenvalue weighted by atomic mass is 32.2. The molecule has 0 aliphatic carbocycles. The third kappa shape index (κ3) is 3.34. The second kappa shape index (κ2) is 5.88. The molecule has 17 heavy (non-hydrogen) atoms. The largest absolute Gasteiger partial charge is 0.492 e. The first-order valence-electron chi connectivity index (χ1n) is 5.41. The number of rotatable bonds is 6. The number of nitrogens with two attached hydrogens (primary N) is 1. The number of anilines is 1. The van der Waals surface area contributed by atoms with Crippen molar-refractivity contribution in [2.45, 2.75) is 6.92 Å². The zero-order valence-corrected chi connectivity index (χ0v) is 10.9. The third-order valence-electron chi connectivity index (χ3n) is 2.30. The molecular formula is C11H18N2O3S. The van der Waals surface area contributed by atoms with Gasteiger partial charge < -0.3 is 10.5 Å². The number of nitrogens with zero attached hydrogens (tertiary/aromatic N) is 1. The molecule has 0 fully saturated rings. The Kier molecular flexibility index (Phi) is 4.77. The van der Waals surface area contributed by atoms with Gasteiger partial charge in [0.05, 0.1) is 18.0 Å². The van der Waals surface area contributed by atoms with Crippen molar-refractivity contribution in [3.63, 3.8) is 0 Å². The summed E-state index contributed by atoms with van der Waals surface area (Å²) in [6.07, 6.45) is 0. The topological polar surface area (TPSA) is 72.6 Å². The normalized spacial score (nSPS) is 11.2. The molecule has 2 N–H and O–H groups in total. The van der Waals surface area contributed by atoms with Crippen molar-refractivity contribution in [2.75, 3.05) is 30.3 Å². The van der Waals surface area contributed by atoms with Crippen LogP contribution in [0, 0.1) is 0 Å². The highest BCUT2D eigenvalue weighted by Crippen LogP contribution is 2.28. The molecule has 0 radical (unpaired) electrons. The number of hydrogen-bond donors (Lipinski definition) is 1. The molecule has 5 nitrogen and oxygen atoms in total. The number of ether oxygens (including phenoxy) is 1. The van der Waals surface area contributed by atoms with Gasteiger partial charge in [0.15, 0.2) is 0 Å². The number of benzene rings is 1. The van der Waals surface area contributed by atoms with Crippen molar-refractivity contribution >= 4 is 15.7 Å². The van der Waals surface area contributed by atoms with E-state index < -0.39 is 10.0 Å². The van der Waals surface area contributed by atoms with E-state index in [9.17, 15) is 8.42 Å². The summed E-state index contributed by atoms with van der Waals surface area (Å²) in [6.45, 7) is 2.44. The lowest BCUT2D eigenvalue weighted by Gasteiger charge is -2.21. The van der Waals surface area contributed by atoms with Gasteiger partial charge in [-0.15, -0.1) is 0 Å². The second-order valence-electron chi connectivity index (χ2n) is 3.47. The van der Waals surface area contributed by atoms with Gasteiger partial charge in [0, 0.05) is 13.6 Å². The van der Waals surface area contributed by atoms with E-state index in [-0.39, 0.29) is 12.3 Å². The standard InChI is InChI=1S/C11H18N2O3S/c1-3-16-11-7-5-4-6-10(11)13(2)17(14,15)9-8-12/h4-7H,3,8-9,12H2,1-2H3. The summed E-state index contributed by atoms with van der Waals surface area (Å²) in [5, 5.41) is 0. The van der Waals surface area contributed by atoms with Crippen LogP contribution in [-0.4, -0.2) is 34.4 Å². The molecule has 0 aliphatic rings. The fourth-order valence-corrected chi connectivity index (χ4v) is 2.45. The lowest BCUT2D eigenvalue weighted by atomic mass is 10.3. The van der Waals surface area contributed by atoms with E-state index >= 15 is 0 Å². The monoisotopic (exact) mass is 258 g/mol. The van der Waals surface area contributed by atoms with Crippen molar-refractivity contribution in [1.29, 1.82) is 0 Å². The van der Waals surface area contributed by atoms with Crippen molar-refractivity contribution in [2.24, 2.45) is 5.73 Å². The Bertz CT molecular complexity index is 460. The summed E-state index contributed by atoms with van der Waals surface area (Å²) in [5.74, 6) is 0.474. The van der Waals surface area contributed by atoms with E-state index in [1.807, 2.05) is 6.92 Å². The molecule has 0 heterocycles. The van der Waals surface area contributed by atoms with Gasteiger partial charge >= 0.3 is 0 Å². The van der Waals surface area contributed by atoms with Crippen LogP contribution in [-0.2, 0) is 10.0 Å². The van der Waals surface area contributed by atoms with Crippen molar-refractivity contribution in [3.05, 3.63) is 24.3 Å². The van der Waals surface area contributed by atoms with Gasteiger partial charge in [0.1, 0.15) is 5.75 Å². The van der Waals surface area contributed by atoms with E-state index in [1.165, 1.54) is 11.4 Å². The number of para-hydroxylation sites is 2. The highest BCUT2D eigenvalue weighted by Gasteiger charge is 2.20. The van der Waals surface area contributed by atoms with Gasteiger partial charge in [-0.05, 0) is 19.1 Å². The third-order valence-corrected chi connectivity index (χ3v) is 4.08. The average Bonchev–Trinajstić information content (AvgIpc) is 2.29. The first-order valence-corrected chi connectivity index (χ1v) is 7.02. The molecule has 0 saturated heterocycles. The minimum atomic E-state index is -3.38. The highest BCUT2D eigenvalue weighted by molar-refractivity contribution is 7.92. The molecule has 6 heteroatoms. The Morgan fingerprint density at radius 2 is 2.00 bits per heavy atom. The van der Waals surface area contributed by atoms with Crippen LogP contribution < -0.4 is 14.8 Å². The van der Waals surface area contributed by atoms with Gasteiger partial charge in [0.25, 0.3) is 0 Å². The molecule has 0 aliphatic heterocycles. The van der Waals surface area contributed by atoms with E-state index in [0.717, 1.165) is 0 Å². The van der Waals surface area contributed by atoms with Gasteiger partial charge in [0.2, 0.25) is 10.0 Å². The molecule has 96 valence electrons. The molecular weight excluding hydrogens is 240 g/mol. The molecule has 0 saturated carbocycles. The molecule has 1 rings (SSSR count). The van der Waals surface area contributed by atoms with Crippen LogP contribution >= 0.6 is 0 Å². The molecule has 0 atom stereocenters. The van der Waals surface area contributed by atoms with Gasteiger partial charge in [-0.25, -0.2) is 8.42 Å². The molecule has 0 aromatic heterocycles. The van der Waals surface area contributed by atoms with Crippen LogP contribution in [0.25, 0.3) is 0 Å². The molecule has 0 bridgehead atoms. The minimum Gasteiger partial charge on any atom is -0.492 e. The van der Waals surface area contributed by atoms with Crippen molar-refractivity contribution in [3.8, 4) is 5.75 Å². The van der Waals surface area contributed by atoms with Crippen LogP contribution in [0.2, 0.25) is 0 Å². The number of sulfonamides is 1. The van der Waals surface area contributed by atoms with Gasteiger partial charge in [-0.3, -0.25) is 4.31 Å². The smallest absolute Gasteiger partial charge is 0.236 e. The summed E-state index contributed by atoms with van der Waals surface area (Å²) >= 11 is 0. The van der Waals surface area contributed by atoms with Crippen LogP contribution in [0.4, 0.5) is 5.69 Å². The van der Waals surface area contributed by atoms with Gasteiger partial charge in [-0.1, -0.05) is 12.1 Å². The molecule has 1 aromatic rings. The zero-order valence-electron chi connectivity index (χ0n) is 10.1. The SMILES string of the molecule is CCOc1ccccc1N(C)S(=O)(=O)CCN. The predicted octanol–water partition coefficient (Wildman–Crippen LogP) is 0.810. The molecule has 0 amide bonds. The average molecular weight is 258 g/mol. The van der Waals surface area contributed by atoms with E-state index in [1.54, 1.807) is 24.3 Å². The fraction of sp³-hybridized carbons (Fsp3) is 0.455. The Hall–Kier alpha value is -1.27. The lowest BCUT2D eigenvalue weighted by Crippen LogP contribution is -2.32. The fourth-order valence-electron chi connectivity index (χ4n) is 1.43. The zero-order chi connectivity index (χ0) is 12.9. The first kappa shape index (κ1) is 13.8. The van der Waals surface area contributed by atoms with Crippen LogP contribution in [0.5, 0.6) is 5.75 Å². The molecule has 0 unspecified atom stereocenters. The predicted molar refractivity (Wildman–Crippen MR) is 68.9 cm³/mol. The summed E-state index contributed by atoms with van der Waals surface area (Å²) in [7, 11) is -1.87. The van der Waals surface area contributed by atoms with Crippen molar-refractivity contribution < 1.29 is 13.2 Å². The molecule has 1 aromatic carbocycles. The maximum atomic E-state index is 11.9. The van der Waals surface area contributed by atoms with Crippen molar-refractivity contribution in [1.82, 2.24) is 0 Å². The Balaban J connectivity index is 3.07. The Labute approximate surface area is 102 Å². The van der Waals surface area contributed by atoms with Gasteiger partial charge in [-0.2, -0.15) is 0 Å². The second-order valence-corrected chi connectivity index (χ2v) is 5.59. The summed E-state index contributed by atoms with van der Waals surface area (Å²) < 4.78 is 30.4. The van der Waals surface area contributed by atoms with E-state index in [4.69, 9.17) is 10.5 Å². The maximum Gasteiger partial charge on any atom is 0.236 e. The Morgan fingerprint density at radius 3 is 2.59 bits per heavy atom. The maximum absolute atomic E-state index is 11.9. The first-order chi connectivity index (χ1) is 8.03. The van der Waals surface area contributed by atoms with Crippen LogP contribution in [0.15, 0.2) is 24.3 Å². The summed E-state index contributed by atoms with van der Waals surface area (Å²) in [5.41, 5.74) is 5.82. The minimum absolute atomic E-state index is 0.0794. The summed E-state index contributed by atoms with van der Waals surface area (Å²) in [4.78, 5) is 0. The number of hydrogen-bond acceptors (Lipinski definition) is 4. The Morgan fingerprint density at radius 1 is 1.35 bits per heavy atom. The molecule has 0 spiro atoms. The lowest BCUT2D eigenvalue weighted by molar-refractivity contribution is 0.341. The van der Waals surface area contributed by atoms with Crippen LogP contribution in [0.3, 0.4) is 0 Å². The van der Waals surface area contributed by atoms with Crippen LogP contribution in [0.1, 0.15) is 6.92 Å². The van der Waals surface area contributed by atoms with E-state index in [0.29, 0.717) is 18.0 Å². The summed E-state index contributed by atoms with van der Waals surface area (Å²) in [6, 6.07) is 7.02. The quantitative estimate of drug-likeness (QED) is 0.819.